The van der Waals surface area contributed by atoms with E-state index in [1.165, 1.54) is 5.56 Å². The molecule has 0 aliphatic rings. The molecule has 1 atom stereocenters. The fourth-order valence-electron chi connectivity index (χ4n) is 1.89. The highest BCUT2D eigenvalue weighted by atomic mass is 35.5. The van der Waals surface area contributed by atoms with Gasteiger partial charge < -0.3 is 0 Å². The predicted molar refractivity (Wildman–Crippen MR) is 61.7 cm³/mol. The molecule has 0 fully saturated rings. The van der Waals surface area contributed by atoms with E-state index in [9.17, 15) is 0 Å². The van der Waals surface area contributed by atoms with Gasteiger partial charge in [-0.15, -0.1) is 11.6 Å². The Morgan fingerprint density at radius 3 is 2.71 bits per heavy atom. The van der Waals surface area contributed by atoms with E-state index in [-0.39, 0.29) is 10.8 Å². The average molecular weight is 212 g/mol. The molecule has 0 spiro atoms. The van der Waals surface area contributed by atoms with Crippen LogP contribution in [-0.4, -0.2) is 10.4 Å². The normalized spacial score (nSPS) is 14.0. The van der Waals surface area contributed by atoms with Gasteiger partial charge >= 0.3 is 0 Å². The fourth-order valence-corrected chi connectivity index (χ4v) is 2.31. The molecule has 0 N–H and O–H groups in total. The van der Waals surface area contributed by atoms with Crippen LogP contribution in [0.2, 0.25) is 0 Å². The molecule has 1 aromatic rings. The van der Waals surface area contributed by atoms with Crippen LogP contribution >= 0.6 is 11.6 Å². The van der Waals surface area contributed by atoms with Crippen LogP contribution in [-0.2, 0) is 6.42 Å². The molecule has 0 saturated carbocycles. The Kier molecular flexibility index (Phi) is 3.94. The SMILES string of the molecule is CC(Cl)CC(C)(C)Cc1cccnc1. The van der Waals surface area contributed by atoms with Crippen LogP contribution < -0.4 is 0 Å². The minimum atomic E-state index is 0.238. The van der Waals surface area contributed by atoms with E-state index in [0.29, 0.717) is 0 Å². The van der Waals surface area contributed by atoms with Crippen molar-refractivity contribution in [2.45, 2.75) is 39.0 Å². The second-order valence-corrected chi connectivity index (χ2v) is 5.43. The monoisotopic (exact) mass is 211 g/mol. The van der Waals surface area contributed by atoms with Crippen molar-refractivity contribution < 1.29 is 0 Å². The van der Waals surface area contributed by atoms with E-state index in [4.69, 9.17) is 11.6 Å². The summed E-state index contributed by atoms with van der Waals surface area (Å²) in [4.78, 5) is 4.12. The Bertz CT molecular complexity index is 267. The smallest absolute Gasteiger partial charge is 0.0313 e. The molecule has 0 aliphatic carbocycles. The maximum atomic E-state index is 6.01. The summed E-state index contributed by atoms with van der Waals surface area (Å²) in [6.45, 7) is 6.55. The Morgan fingerprint density at radius 1 is 1.50 bits per heavy atom. The van der Waals surface area contributed by atoms with Crippen LogP contribution in [0.3, 0.4) is 0 Å². The van der Waals surface area contributed by atoms with E-state index in [1.807, 2.05) is 19.2 Å². The summed E-state index contributed by atoms with van der Waals surface area (Å²) in [7, 11) is 0. The molecule has 2 heteroatoms. The van der Waals surface area contributed by atoms with Crippen LogP contribution in [0, 0.1) is 5.41 Å². The van der Waals surface area contributed by atoms with Crippen molar-refractivity contribution in [1.82, 2.24) is 4.98 Å². The van der Waals surface area contributed by atoms with E-state index in [0.717, 1.165) is 12.8 Å². The van der Waals surface area contributed by atoms with Gasteiger partial charge in [0.05, 0.1) is 0 Å². The van der Waals surface area contributed by atoms with Gasteiger partial charge in [-0.05, 0) is 36.8 Å². The maximum absolute atomic E-state index is 6.01. The molecule has 1 rings (SSSR count). The summed E-state index contributed by atoms with van der Waals surface area (Å²) in [6.07, 6.45) is 5.81. The highest BCUT2D eigenvalue weighted by Gasteiger charge is 2.20. The molecule has 78 valence electrons. The summed E-state index contributed by atoms with van der Waals surface area (Å²) in [5.74, 6) is 0. The number of hydrogen-bond donors (Lipinski definition) is 0. The van der Waals surface area contributed by atoms with Gasteiger partial charge in [-0.1, -0.05) is 19.9 Å². The van der Waals surface area contributed by atoms with Crippen molar-refractivity contribution in [3.63, 3.8) is 0 Å². The minimum absolute atomic E-state index is 0.238. The Labute approximate surface area is 91.5 Å². The van der Waals surface area contributed by atoms with Crippen molar-refractivity contribution in [3.05, 3.63) is 30.1 Å². The van der Waals surface area contributed by atoms with Gasteiger partial charge in [0.1, 0.15) is 0 Å². The molecule has 1 unspecified atom stereocenters. The van der Waals surface area contributed by atoms with Crippen LogP contribution in [0.25, 0.3) is 0 Å². The number of alkyl halides is 1. The fraction of sp³-hybridized carbons (Fsp3) is 0.583. The summed E-state index contributed by atoms with van der Waals surface area (Å²) < 4.78 is 0. The molecular weight excluding hydrogens is 194 g/mol. The molecule has 0 amide bonds. The van der Waals surface area contributed by atoms with Gasteiger partial charge in [0.15, 0.2) is 0 Å². The first-order valence-electron chi connectivity index (χ1n) is 5.02. The lowest BCUT2D eigenvalue weighted by Crippen LogP contribution is -2.18. The zero-order valence-electron chi connectivity index (χ0n) is 9.13. The van der Waals surface area contributed by atoms with Crippen LogP contribution in [0.1, 0.15) is 32.8 Å². The lowest BCUT2D eigenvalue weighted by Gasteiger charge is -2.25. The summed E-state index contributed by atoms with van der Waals surface area (Å²) in [5, 5.41) is 0.238. The van der Waals surface area contributed by atoms with Crippen molar-refractivity contribution in [2.24, 2.45) is 5.41 Å². The molecule has 0 radical (unpaired) electrons. The van der Waals surface area contributed by atoms with E-state index < -0.39 is 0 Å². The molecule has 0 saturated heterocycles. The summed E-state index contributed by atoms with van der Waals surface area (Å²) >= 11 is 6.01. The molecule has 14 heavy (non-hydrogen) atoms. The lowest BCUT2D eigenvalue weighted by molar-refractivity contribution is 0.331. The Morgan fingerprint density at radius 2 is 2.21 bits per heavy atom. The van der Waals surface area contributed by atoms with Gasteiger partial charge in [0, 0.05) is 17.8 Å². The van der Waals surface area contributed by atoms with Gasteiger partial charge in [0.2, 0.25) is 0 Å². The summed E-state index contributed by atoms with van der Waals surface area (Å²) in [6, 6.07) is 4.10. The number of aromatic nitrogens is 1. The zero-order valence-corrected chi connectivity index (χ0v) is 9.88. The molecule has 1 heterocycles. The molecular formula is C12H18ClN. The van der Waals surface area contributed by atoms with Gasteiger partial charge in [-0.2, -0.15) is 0 Å². The average Bonchev–Trinajstić information content (AvgIpc) is 2.02. The number of hydrogen-bond acceptors (Lipinski definition) is 1. The second kappa shape index (κ2) is 4.79. The highest BCUT2D eigenvalue weighted by Crippen LogP contribution is 2.28. The molecule has 1 nitrogen and oxygen atoms in total. The molecule has 1 aromatic heterocycles. The van der Waals surface area contributed by atoms with Gasteiger partial charge in [-0.25, -0.2) is 0 Å². The first-order chi connectivity index (χ1) is 6.49. The minimum Gasteiger partial charge on any atom is -0.264 e. The third kappa shape index (κ3) is 4.10. The third-order valence-electron chi connectivity index (χ3n) is 2.24. The number of pyridine rings is 1. The van der Waals surface area contributed by atoms with Gasteiger partial charge in [0.25, 0.3) is 0 Å². The van der Waals surface area contributed by atoms with E-state index >= 15 is 0 Å². The van der Waals surface area contributed by atoms with Crippen molar-refractivity contribution in [1.29, 1.82) is 0 Å². The molecule has 0 aromatic carbocycles. The number of halogens is 1. The van der Waals surface area contributed by atoms with Crippen molar-refractivity contribution in [3.8, 4) is 0 Å². The van der Waals surface area contributed by atoms with E-state index in [1.54, 1.807) is 6.20 Å². The largest absolute Gasteiger partial charge is 0.264 e. The zero-order chi connectivity index (χ0) is 10.6. The molecule has 0 bridgehead atoms. The standard InChI is InChI=1S/C12H18ClN/c1-10(13)7-12(2,3)8-11-5-4-6-14-9-11/h4-6,9-10H,7-8H2,1-3H3. The van der Waals surface area contributed by atoms with Crippen LogP contribution in [0.5, 0.6) is 0 Å². The van der Waals surface area contributed by atoms with Crippen LogP contribution in [0.4, 0.5) is 0 Å². The van der Waals surface area contributed by atoms with Crippen LogP contribution in [0.15, 0.2) is 24.5 Å². The van der Waals surface area contributed by atoms with Crippen molar-refractivity contribution in [2.75, 3.05) is 0 Å². The number of nitrogens with zero attached hydrogens (tertiary/aromatic N) is 1. The lowest BCUT2D eigenvalue weighted by atomic mass is 9.82. The maximum Gasteiger partial charge on any atom is 0.0313 e. The quantitative estimate of drug-likeness (QED) is 0.693. The topological polar surface area (TPSA) is 12.9 Å². The predicted octanol–water partition coefficient (Wildman–Crippen LogP) is 3.67. The van der Waals surface area contributed by atoms with Gasteiger partial charge in [-0.3, -0.25) is 4.98 Å². The Balaban J connectivity index is 2.59. The third-order valence-corrected chi connectivity index (χ3v) is 2.39. The second-order valence-electron chi connectivity index (χ2n) is 4.69. The highest BCUT2D eigenvalue weighted by molar-refractivity contribution is 6.20. The first kappa shape index (κ1) is 11.5. The van der Waals surface area contributed by atoms with Crippen molar-refractivity contribution >= 4 is 11.6 Å². The Hall–Kier alpha value is -0.560. The summed E-state index contributed by atoms with van der Waals surface area (Å²) in [5.41, 5.74) is 1.54. The first-order valence-corrected chi connectivity index (χ1v) is 5.46. The van der Waals surface area contributed by atoms with E-state index in [2.05, 4.69) is 24.9 Å². The number of rotatable bonds is 4. The molecule has 0 aliphatic heterocycles.